The molecule has 3 aromatic rings. The van der Waals surface area contributed by atoms with Crippen molar-refractivity contribution in [2.24, 2.45) is 5.41 Å². The Morgan fingerprint density at radius 1 is 1.00 bits per heavy atom. The molecule has 0 aliphatic carbocycles. The van der Waals surface area contributed by atoms with E-state index >= 15 is 0 Å². The van der Waals surface area contributed by atoms with Gasteiger partial charge in [0.2, 0.25) is 0 Å². The number of hydrogen-bond donors (Lipinski definition) is 0. The molecule has 0 atom stereocenters. The monoisotopic (exact) mass is 431 g/mol. The van der Waals surface area contributed by atoms with Gasteiger partial charge in [0.05, 0.1) is 0 Å². The topological polar surface area (TPSA) is 36.4 Å². The quantitative estimate of drug-likeness (QED) is 0.570. The van der Waals surface area contributed by atoms with Gasteiger partial charge in [-0.05, 0) is 85.3 Å². The van der Waals surface area contributed by atoms with E-state index in [4.69, 9.17) is 11.6 Å². The van der Waals surface area contributed by atoms with Crippen LogP contribution in [0.2, 0.25) is 5.02 Å². The number of amides is 1. The van der Waals surface area contributed by atoms with Gasteiger partial charge in [0.15, 0.2) is 0 Å². The molecule has 0 saturated carbocycles. The van der Waals surface area contributed by atoms with Crippen LogP contribution in [-0.4, -0.2) is 35.4 Å². The maximum atomic E-state index is 13.5. The summed E-state index contributed by atoms with van der Waals surface area (Å²) >= 11 is 6.04. The molecule has 1 saturated heterocycles. The summed E-state index contributed by atoms with van der Waals surface area (Å²) in [5, 5.41) is 0.646. The van der Waals surface area contributed by atoms with Gasteiger partial charge in [-0.2, -0.15) is 0 Å². The highest BCUT2D eigenvalue weighted by Gasteiger charge is 2.42. The van der Waals surface area contributed by atoms with Crippen LogP contribution in [-0.2, 0) is 13.0 Å². The Kier molecular flexibility index (Phi) is 5.51. The predicted molar refractivity (Wildman–Crippen MR) is 124 cm³/mol. The lowest BCUT2D eigenvalue weighted by Crippen LogP contribution is -2.51. The minimum Gasteiger partial charge on any atom is -0.308 e. The summed E-state index contributed by atoms with van der Waals surface area (Å²) < 4.78 is 0. The average Bonchev–Trinajstić information content (AvgIpc) is 2.81. The third-order valence-corrected chi connectivity index (χ3v) is 6.98. The fourth-order valence-electron chi connectivity index (χ4n) is 5.00. The number of fused-ring (bicyclic) bond motifs is 1. The first kappa shape index (κ1) is 20.2. The summed E-state index contributed by atoms with van der Waals surface area (Å²) in [6.07, 6.45) is 6.99. The van der Waals surface area contributed by atoms with E-state index in [1.165, 1.54) is 11.1 Å². The van der Waals surface area contributed by atoms with Crippen molar-refractivity contribution in [3.8, 4) is 0 Å². The lowest BCUT2D eigenvalue weighted by atomic mass is 9.70. The molecule has 2 aromatic carbocycles. The molecule has 1 fully saturated rings. The number of anilines is 1. The number of rotatable bonds is 3. The van der Waals surface area contributed by atoms with Crippen molar-refractivity contribution < 1.29 is 4.79 Å². The number of carbonyl (C=O) groups is 1. The zero-order valence-electron chi connectivity index (χ0n) is 17.5. The maximum absolute atomic E-state index is 13.5. The van der Waals surface area contributed by atoms with Gasteiger partial charge in [-0.3, -0.25) is 14.7 Å². The number of nitrogens with zero attached hydrogens (tertiary/aromatic N) is 3. The second-order valence-corrected chi connectivity index (χ2v) is 9.28. The number of halogens is 1. The second-order valence-electron chi connectivity index (χ2n) is 8.84. The Balaban J connectivity index is 1.36. The summed E-state index contributed by atoms with van der Waals surface area (Å²) in [4.78, 5) is 22.2. The van der Waals surface area contributed by atoms with Crippen LogP contribution >= 0.6 is 11.6 Å². The highest BCUT2D eigenvalue weighted by molar-refractivity contribution is 6.30. The van der Waals surface area contributed by atoms with Gasteiger partial charge in [0, 0.05) is 41.8 Å². The first-order chi connectivity index (χ1) is 15.1. The molecule has 0 radical (unpaired) electrons. The molecule has 158 valence electrons. The SMILES string of the molecule is O=C(c1ccc(Cl)cc1)N1CC2(CCN(Cc3cccnc3)CC2)Cc2ccccc21. The van der Waals surface area contributed by atoms with Gasteiger partial charge in [-0.25, -0.2) is 0 Å². The minimum absolute atomic E-state index is 0.0565. The van der Waals surface area contributed by atoms with Gasteiger partial charge in [-0.1, -0.05) is 35.9 Å². The van der Waals surface area contributed by atoms with Crippen molar-refractivity contribution in [1.29, 1.82) is 0 Å². The molecule has 1 spiro atoms. The third-order valence-electron chi connectivity index (χ3n) is 6.72. The molecule has 0 N–H and O–H groups in total. The molecule has 4 nitrogen and oxygen atoms in total. The molecule has 2 aliphatic rings. The van der Waals surface area contributed by atoms with Crippen molar-refractivity contribution in [1.82, 2.24) is 9.88 Å². The standard InChI is InChI=1S/C26H26ClN3O/c27-23-9-7-21(8-10-23)25(31)30-19-26(16-22-5-1-2-6-24(22)30)11-14-29(15-12-26)18-20-4-3-13-28-17-20/h1-10,13,17H,11-12,14-16,18-19H2. The summed E-state index contributed by atoms with van der Waals surface area (Å²) in [6.45, 7) is 3.79. The molecule has 0 bridgehead atoms. The van der Waals surface area contributed by atoms with E-state index in [0.29, 0.717) is 10.6 Å². The van der Waals surface area contributed by atoms with E-state index in [1.54, 1.807) is 12.1 Å². The van der Waals surface area contributed by atoms with Crippen LogP contribution in [0.15, 0.2) is 73.1 Å². The smallest absolute Gasteiger partial charge is 0.258 e. The van der Waals surface area contributed by atoms with Crippen LogP contribution < -0.4 is 4.90 Å². The van der Waals surface area contributed by atoms with E-state index < -0.39 is 0 Å². The maximum Gasteiger partial charge on any atom is 0.258 e. The fraction of sp³-hybridized carbons (Fsp3) is 0.308. The van der Waals surface area contributed by atoms with Gasteiger partial charge in [0.1, 0.15) is 0 Å². The zero-order chi connectivity index (χ0) is 21.3. The number of piperidine rings is 1. The molecule has 0 unspecified atom stereocenters. The Morgan fingerprint density at radius 3 is 2.52 bits per heavy atom. The van der Waals surface area contributed by atoms with Crippen molar-refractivity contribution in [2.45, 2.75) is 25.8 Å². The number of aromatic nitrogens is 1. The first-order valence-corrected chi connectivity index (χ1v) is 11.3. The Bertz CT molecular complexity index is 1060. The summed E-state index contributed by atoms with van der Waals surface area (Å²) in [6, 6.07) is 19.7. The number of carbonyl (C=O) groups excluding carboxylic acids is 1. The molecule has 5 heteroatoms. The van der Waals surface area contributed by atoms with E-state index in [0.717, 1.165) is 51.1 Å². The number of benzene rings is 2. The van der Waals surface area contributed by atoms with E-state index in [2.05, 4.69) is 34.1 Å². The predicted octanol–water partition coefficient (Wildman–Crippen LogP) is 5.22. The van der Waals surface area contributed by atoms with E-state index in [-0.39, 0.29) is 11.3 Å². The van der Waals surface area contributed by atoms with Crippen LogP contribution in [0.1, 0.15) is 34.3 Å². The van der Waals surface area contributed by atoms with Crippen LogP contribution in [0.3, 0.4) is 0 Å². The molecule has 31 heavy (non-hydrogen) atoms. The van der Waals surface area contributed by atoms with Gasteiger partial charge >= 0.3 is 0 Å². The number of pyridine rings is 1. The summed E-state index contributed by atoms with van der Waals surface area (Å²) in [7, 11) is 0. The van der Waals surface area contributed by atoms with Gasteiger partial charge in [-0.15, -0.1) is 0 Å². The lowest BCUT2D eigenvalue weighted by molar-refractivity contribution is 0.0847. The fourth-order valence-corrected chi connectivity index (χ4v) is 5.13. The van der Waals surface area contributed by atoms with E-state index in [1.807, 2.05) is 41.6 Å². The summed E-state index contributed by atoms with van der Waals surface area (Å²) in [5.74, 6) is 0.0565. The average molecular weight is 432 g/mol. The number of hydrogen-bond acceptors (Lipinski definition) is 3. The molecule has 1 aromatic heterocycles. The van der Waals surface area contributed by atoms with Crippen molar-refractivity contribution >= 4 is 23.2 Å². The molecule has 5 rings (SSSR count). The van der Waals surface area contributed by atoms with Crippen molar-refractivity contribution in [3.63, 3.8) is 0 Å². The molecule has 1 amide bonds. The van der Waals surface area contributed by atoms with Gasteiger partial charge in [0.25, 0.3) is 5.91 Å². The van der Waals surface area contributed by atoms with Crippen LogP contribution in [0.25, 0.3) is 0 Å². The summed E-state index contributed by atoms with van der Waals surface area (Å²) in [5.41, 5.74) is 4.39. The van der Waals surface area contributed by atoms with Crippen molar-refractivity contribution in [3.05, 3.63) is 94.8 Å². The Morgan fingerprint density at radius 2 is 1.77 bits per heavy atom. The first-order valence-electron chi connectivity index (χ1n) is 10.9. The highest BCUT2D eigenvalue weighted by Crippen LogP contribution is 2.43. The molecular weight excluding hydrogens is 406 g/mol. The minimum atomic E-state index is 0.0565. The molecule has 2 aliphatic heterocycles. The highest BCUT2D eigenvalue weighted by atomic mass is 35.5. The normalized spacial score (nSPS) is 18.0. The zero-order valence-corrected chi connectivity index (χ0v) is 18.3. The lowest BCUT2D eigenvalue weighted by Gasteiger charge is -2.48. The van der Waals surface area contributed by atoms with Crippen LogP contribution in [0.5, 0.6) is 0 Å². The second kappa shape index (κ2) is 8.45. The van der Waals surface area contributed by atoms with Crippen LogP contribution in [0.4, 0.5) is 5.69 Å². The number of para-hydroxylation sites is 1. The van der Waals surface area contributed by atoms with Crippen molar-refractivity contribution in [2.75, 3.05) is 24.5 Å². The van der Waals surface area contributed by atoms with Gasteiger partial charge < -0.3 is 4.90 Å². The number of likely N-dealkylation sites (tertiary alicyclic amines) is 1. The molecule has 3 heterocycles. The van der Waals surface area contributed by atoms with E-state index in [9.17, 15) is 4.79 Å². The third kappa shape index (κ3) is 4.23. The Labute approximate surface area is 188 Å². The Hall–Kier alpha value is -2.69. The molecular formula is C26H26ClN3O. The largest absolute Gasteiger partial charge is 0.308 e. The van der Waals surface area contributed by atoms with Crippen LogP contribution in [0, 0.1) is 5.41 Å².